The number of carboxylic acid groups (broad SMARTS) is 1. The van der Waals surface area contributed by atoms with Crippen LogP contribution in [0.15, 0.2) is 18.2 Å². The maximum Gasteiger partial charge on any atom is 0.335 e. The molecule has 0 spiro atoms. The fraction of sp³-hybridized carbons (Fsp3) is 0.533. The number of piperidine rings is 1. The van der Waals surface area contributed by atoms with Gasteiger partial charge in [0.25, 0.3) is 0 Å². The van der Waals surface area contributed by atoms with Gasteiger partial charge in [0, 0.05) is 6.54 Å². The van der Waals surface area contributed by atoms with E-state index >= 15 is 0 Å². The van der Waals surface area contributed by atoms with Crippen molar-refractivity contribution in [2.24, 2.45) is 5.92 Å². The molecular weight excluding hydrogens is 268 g/mol. The van der Waals surface area contributed by atoms with Crippen LogP contribution in [0.25, 0.3) is 11.0 Å². The van der Waals surface area contributed by atoms with Crippen molar-refractivity contribution >= 4 is 17.0 Å². The van der Waals surface area contributed by atoms with Crippen molar-refractivity contribution in [3.8, 4) is 0 Å². The Morgan fingerprint density at radius 1 is 1.38 bits per heavy atom. The lowest BCUT2D eigenvalue weighted by Gasteiger charge is -2.30. The van der Waals surface area contributed by atoms with Crippen molar-refractivity contribution in [3.63, 3.8) is 0 Å². The SMILES string of the molecule is CCN1CCC(Cn2nnc3ccc(C(=O)O)cc32)CC1. The number of carbonyl (C=O) groups is 1. The Morgan fingerprint density at radius 3 is 2.81 bits per heavy atom. The predicted octanol–water partition coefficient (Wildman–Crippen LogP) is 1.86. The summed E-state index contributed by atoms with van der Waals surface area (Å²) in [6.07, 6.45) is 2.32. The van der Waals surface area contributed by atoms with Crippen LogP contribution in [0.5, 0.6) is 0 Å². The first-order valence-corrected chi connectivity index (χ1v) is 7.46. The first-order valence-electron chi connectivity index (χ1n) is 7.46. The first kappa shape index (κ1) is 14.0. The molecule has 112 valence electrons. The Balaban J connectivity index is 1.78. The molecule has 3 rings (SSSR count). The monoisotopic (exact) mass is 288 g/mol. The molecular formula is C15H20N4O2. The largest absolute Gasteiger partial charge is 0.478 e. The van der Waals surface area contributed by atoms with E-state index < -0.39 is 5.97 Å². The molecule has 1 fully saturated rings. The van der Waals surface area contributed by atoms with Gasteiger partial charge in [-0.05, 0) is 56.6 Å². The zero-order chi connectivity index (χ0) is 14.8. The molecule has 6 nitrogen and oxygen atoms in total. The van der Waals surface area contributed by atoms with Crippen LogP contribution in [0.4, 0.5) is 0 Å². The lowest BCUT2D eigenvalue weighted by Crippen LogP contribution is -2.34. The van der Waals surface area contributed by atoms with Crippen molar-refractivity contribution in [2.75, 3.05) is 19.6 Å². The molecule has 0 radical (unpaired) electrons. The molecule has 1 saturated heterocycles. The van der Waals surface area contributed by atoms with E-state index in [1.165, 1.54) is 0 Å². The van der Waals surface area contributed by atoms with E-state index in [0.717, 1.165) is 50.1 Å². The van der Waals surface area contributed by atoms with Crippen molar-refractivity contribution in [2.45, 2.75) is 26.3 Å². The highest BCUT2D eigenvalue weighted by Gasteiger charge is 2.20. The third-order valence-corrected chi connectivity index (χ3v) is 4.35. The van der Waals surface area contributed by atoms with Crippen LogP contribution in [0.2, 0.25) is 0 Å². The van der Waals surface area contributed by atoms with E-state index in [1.807, 2.05) is 4.68 Å². The van der Waals surface area contributed by atoms with Gasteiger partial charge in [-0.1, -0.05) is 12.1 Å². The molecule has 0 unspecified atom stereocenters. The average Bonchev–Trinajstić information content (AvgIpc) is 2.90. The highest BCUT2D eigenvalue weighted by molar-refractivity contribution is 5.92. The molecule has 0 amide bonds. The number of rotatable bonds is 4. The normalized spacial score (nSPS) is 17.4. The van der Waals surface area contributed by atoms with Crippen molar-refractivity contribution in [1.29, 1.82) is 0 Å². The number of nitrogens with zero attached hydrogens (tertiary/aromatic N) is 4. The lowest BCUT2D eigenvalue weighted by atomic mass is 9.97. The first-order chi connectivity index (χ1) is 10.2. The van der Waals surface area contributed by atoms with Gasteiger partial charge in [-0.3, -0.25) is 0 Å². The van der Waals surface area contributed by atoms with Gasteiger partial charge >= 0.3 is 5.97 Å². The van der Waals surface area contributed by atoms with E-state index in [4.69, 9.17) is 5.11 Å². The van der Waals surface area contributed by atoms with E-state index in [0.29, 0.717) is 5.92 Å². The second-order valence-corrected chi connectivity index (χ2v) is 5.66. The molecule has 2 heterocycles. The van der Waals surface area contributed by atoms with Crippen LogP contribution in [-0.4, -0.2) is 50.6 Å². The quantitative estimate of drug-likeness (QED) is 0.929. The molecule has 21 heavy (non-hydrogen) atoms. The summed E-state index contributed by atoms with van der Waals surface area (Å²) in [5.41, 5.74) is 1.85. The summed E-state index contributed by atoms with van der Waals surface area (Å²) in [6.45, 7) is 6.39. The average molecular weight is 288 g/mol. The van der Waals surface area contributed by atoms with Gasteiger partial charge in [-0.2, -0.15) is 0 Å². The molecule has 1 aromatic heterocycles. The Bertz CT molecular complexity index is 644. The lowest BCUT2D eigenvalue weighted by molar-refractivity contribution is 0.0697. The van der Waals surface area contributed by atoms with Crippen molar-refractivity contribution in [3.05, 3.63) is 23.8 Å². The topological polar surface area (TPSA) is 71.2 Å². The maximum absolute atomic E-state index is 11.1. The van der Waals surface area contributed by atoms with Gasteiger partial charge in [0.15, 0.2) is 0 Å². The van der Waals surface area contributed by atoms with Gasteiger partial charge in [0.2, 0.25) is 0 Å². The fourth-order valence-corrected chi connectivity index (χ4v) is 2.96. The number of hydrogen-bond donors (Lipinski definition) is 1. The minimum atomic E-state index is -0.916. The third kappa shape index (κ3) is 2.90. The van der Waals surface area contributed by atoms with E-state index in [2.05, 4.69) is 22.1 Å². The summed E-state index contributed by atoms with van der Waals surface area (Å²) in [5, 5.41) is 17.4. The van der Waals surface area contributed by atoms with Gasteiger partial charge < -0.3 is 10.0 Å². The second-order valence-electron chi connectivity index (χ2n) is 5.66. The molecule has 0 aliphatic carbocycles. The van der Waals surface area contributed by atoms with Crippen LogP contribution >= 0.6 is 0 Å². The molecule has 1 aromatic carbocycles. The highest BCUT2D eigenvalue weighted by atomic mass is 16.4. The summed E-state index contributed by atoms with van der Waals surface area (Å²) < 4.78 is 1.86. The van der Waals surface area contributed by atoms with E-state index in [-0.39, 0.29) is 5.56 Å². The molecule has 1 N–H and O–H groups in total. The fourth-order valence-electron chi connectivity index (χ4n) is 2.96. The summed E-state index contributed by atoms with van der Waals surface area (Å²) >= 11 is 0. The van der Waals surface area contributed by atoms with Gasteiger partial charge in [-0.15, -0.1) is 5.10 Å². The molecule has 2 aromatic rings. The van der Waals surface area contributed by atoms with Crippen LogP contribution in [0, 0.1) is 5.92 Å². The van der Waals surface area contributed by atoms with E-state index in [1.54, 1.807) is 18.2 Å². The molecule has 1 aliphatic heterocycles. The Labute approximate surface area is 123 Å². The van der Waals surface area contributed by atoms with Gasteiger partial charge in [0.1, 0.15) is 5.52 Å². The maximum atomic E-state index is 11.1. The Morgan fingerprint density at radius 2 is 2.14 bits per heavy atom. The van der Waals surface area contributed by atoms with Gasteiger partial charge in [0.05, 0.1) is 11.1 Å². The second kappa shape index (κ2) is 5.81. The summed E-state index contributed by atoms with van der Waals surface area (Å²) in [7, 11) is 0. The summed E-state index contributed by atoms with van der Waals surface area (Å²) in [6, 6.07) is 4.96. The Hall–Kier alpha value is -1.95. The summed E-state index contributed by atoms with van der Waals surface area (Å²) in [4.78, 5) is 13.5. The number of likely N-dealkylation sites (tertiary alicyclic amines) is 1. The zero-order valence-corrected chi connectivity index (χ0v) is 12.2. The minimum Gasteiger partial charge on any atom is -0.478 e. The van der Waals surface area contributed by atoms with Crippen LogP contribution in [-0.2, 0) is 6.54 Å². The third-order valence-electron chi connectivity index (χ3n) is 4.35. The number of benzene rings is 1. The van der Waals surface area contributed by atoms with E-state index in [9.17, 15) is 4.79 Å². The molecule has 1 aliphatic rings. The molecule has 0 atom stereocenters. The zero-order valence-electron chi connectivity index (χ0n) is 12.2. The smallest absolute Gasteiger partial charge is 0.335 e. The van der Waals surface area contributed by atoms with Crippen LogP contribution in [0.3, 0.4) is 0 Å². The number of carboxylic acids is 1. The molecule has 0 bridgehead atoms. The van der Waals surface area contributed by atoms with Gasteiger partial charge in [-0.25, -0.2) is 9.48 Å². The van der Waals surface area contributed by atoms with Crippen LogP contribution in [0.1, 0.15) is 30.1 Å². The predicted molar refractivity (Wildman–Crippen MR) is 79.3 cm³/mol. The van der Waals surface area contributed by atoms with Crippen molar-refractivity contribution in [1.82, 2.24) is 19.9 Å². The van der Waals surface area contributed by atoms with Crippen LogP contribution < -0.4 is 0 Å². The molecule has 6 heteroatoms. The molecule has 0 saturated carbocycles. The number of hydrogen-bond acceptors (Lipinski definition) is 4. The number of fused-ring (bicyclic) bond motifs is 1. The highest BCUT2D eigenvalue weighted by Crippen LogP contribution is 2.21. The number of aromatic nitrogens is 3. The standard InChI is InChI=1S/C15H20N4O2/c1-2-18-7-5-11(6-8-18)10-19-14-9-12(15(20)21)3-4-13(14)16-17-19/h3-4,9,11H,2,5-8,10H2,1H3,(H,20,21). The summed E-state index contributed by atoms with van der Waals surface area (Å²) in [5.74, 6) is -0.327. The van der Waals surface area contributed by atoms with Crippen molar-refractivity contribution < 1.29 is 9.90 Å². The Kier molecular flexibility index (Phi) is 3.88. The minimum absolute atomic E-state index is 0.284. The number of aromatic carboxylic acids is 1.